The Balaban J connectivity index is 0.00000176. The fraction of sp³-hybridized carbons (Fsp3) is 0.333. The lowest BCUT2D eigenvalue weighted by Gasteiger charge is -2.33. The van der Waals surface area contributed by atoms with Crippen LogP contribution in [0.1, 0.15) is 17.3 Å². The second kappa shape index (κ2) is 7.26. The summed E-state index contributed by atoms with van der Waals surface area (Å²) in [5.41, 5.74) is 1.56. The number of rotatable bonds is 2. The van der Waals surface area contributed by atoms with E-state index in [0.717, 1.165) is 29.8 Å². The molecule has 2 aromatic rings. The Kier molecular flexibility index (Phi) is 5.61. The lowest BCUT2D eigenvalue weighted by molar-refractivity contribution is 0.0656. The third-order valence-electron chi connectivity index (χ3n) is 3.66. The Hall–Kier alpha value is -1.37. The molecule has 7 heteroatoms. The molecule has 1 N–H and O–H groups in total. The second-order valence-electron chi connectivity index (χ2n) is 5.21. The number of benzene rings is 1. The second-order valence-corrected chi connectivity index (χ2v) is 6.12. The van der Waals surface area contributed by atoms with Crippen molar-refractivity contribution < 1.29 is 4.79 Å². The van der Waals surface area contributed by atoms with Crippen molar-refractivity contribution in [3.63, 3.8) is 0 Å². The van der Waals surface area contributed by atoms with Gasteiger partial charge in [0.2, 0.25) is 0 Å². The zero-order valence-corrected chi connectivity index (χ0v) is 14.6. The first-order chi connectivity index (χ1) is 10.1. The molecule has 2 heterocycles. The van der Waals surface area contributed by atoms with Crippen LogP contribution in [0.5, 0.6) is 0 Å². The highest BCUT2D eigenvalue weighted by atomic mass is 79.9. The zero-order valence-electron chi connectivity index (χ0n) is 12.2. The van der Waals surface area contributed by atoms with Crippen molar-refractivity contribution in [3.05, 3.63) is 46.7 Å². The van der Waals surface area contributed by atoms with Crippen LogP contribution in [0.25, 0.3) is 5.69 Å². The molecule has 22 heavy (non-hydrogen) atoms. The molecule has 5 nitrogen and oxygen atoms in total. The highest BCUT2D eigenvalue weighted by molar-refractivity contribution is 9.10. The molecule has 0 unspecified atom stereocenters. The number of piperazine rings is 1. The smallest absolute Gasteiger partial charge is 0.257 e. The van der Waals surface area contributed by atoms with Crippen LogP contribution in [0.4, 0.5) is 0 Å². The van der Waals surface area contributed by atoms with Crippen LogP contribution in [-0.2, 0) is 0 Å². The fourth-order valence-corrected chi connectivity index (χ4v) is 2.89. The van der Waals surface area contributed by atoms with Crippen LogP contribution >= 0.6 is 28.3 Å². The van der Waals surface area contributed by atoms with E-state index in [2.05, 4.69) is 33.3 Å². The summed E-state index contributed by atoms with van der Waals surface area (Å²) in [6.07, 6.45) is 3.43. The van der Waals surface area contributed by atoms with Gasteiger partial charge in [0.25, 0.3) is 5.91 Å². The van der Waals surface area contributed by atoms with E-state index < -0.39 is 0 Å². The molecule has 0 spiro atoms. The molecule has 1 saturated heterocycles. The van der Waals surface area contributed by atoms with Crippen LogP contribution in [0, 0.1) is 0 Å². The number of hydrogen-bond acceptors (Lipinski definition) is 3. The quantitative estimate of drug-likeness (QED) is 0.864. The molecule has 118 valence electrons. The maximum absolute atomic E-state index is 12.6. The lowest BCUT2D eigenvalue weighted by Crippen LogP contribution is -2.52. The molecule has 1 fully saturated rings. The van der Waals surface area contributed by atoms with Gasteiger partial charge in [0.15, 0.2) is 0 Å². The summed E-state index contributed by atoms with van der Waals surface area (Å²) in [7, 11) is 0. The maximum atomic E-state index is 12.6. The molecule has 3 rings (SSSR count). The van der Waals surface area contributed by atoms with E-state index in [-0.39, 0.29) is 24.4 Å². The molecule has 1 aliphatic rings. The molecular weight excluding hydrogens is 368 g/mol. The summed E-state index contributed by atoms with van der Waals surface area (Å²) in [6, 6.07) is 8.04. The molecule has 0 aliphatic carbocycles. The normalized spacial score (nSPS) is 17.9. The Morgan fingerprint density at radius 2 is 2.27 bits per heavy atom. The summed E-state index contributed by atoms with van der Waals surface area (Å²) in [4.78, 5) is 14.5. The van der Waals surface area contributed by atoms with Crippen molar-refractivity contribution in [1.82, 2.24) is 20.0 Å². The van der Waals surface area contributed by atoms with E-state index in [1.54, 1.807) is 17.1 Å². The first kappa shape index (κ1) is 17.0. The third kappa shape index (κ3) is 3.51. The van der Waals surface area contributed by atoms with Crippen molar-refractivity contribution in [2.75, 3.05) is 19.6 Å². The topological polar surface area (TPSA) is 50.2 Å². The van der Waals surface area contributed by atoms with Crippen LogP contribution in [0.3, 0.4) is 0 Å². The number of carbonyl (C=O) groups excluding carboxylic acids is 1. The van der Waals surface area contributed by atoms with Gasteiger partial charge in [-0.05, 0) is 25.1 Å². The SMILES string of the molecule is C[C@@H]1CNCCN1C(=O)c1cnn(-c2cccc(Br)c2)c1.Cl. The zero-order chi connectivity index (χ0) is 14.8. The molecule has 1 aromatic heterocycles. The van der Waals surface area contributed by atoms with Crippen LogP contribution in [-0.4, -0.2) is 46.3 Å². The molecule has 0 bridgehead atoms. The minimum absolute atomic E-state index is 0. The van der Waals surface area contributed by atoms with Gasteiger partial charge in [0.1, 0.15) is 0 Å². The number of aromatic nitrogens is 2. The van der Waals surface area contributed by atoms with E-state index in [1.165, 1.54) is 0 Å². The van der Waals surface area contributed by atoms with E-state index in [0.29, 0.717) is 5.56 Å². The van der Waals surface area contributed by atoms with Gasteiger partial charge in [-0.25, -0.2) is 4.68 Å². The Labute approximate surface area is 144 Å². The van der Waals surface area contributed by atoms with Gasteiger partial charge in [0, 0.05) is 36.3 Å². The van der Waals surface area contributed by atoms with Crippen LogP contribution in [0.2, 0.25) is 0 Å². The van der Waals surface area contributed by atoms with Crippen LogP contribution in [0.15, 0.2) is 41.1 Å². The van der Waals surface area contributed by atoms with Gasteiger partial charge in [-0.2, -0.15) is 5.10 Å². The number of hydrogen-bond donors (Lipinski definition) is 1. The lowest BCUT2D eigenvalue weighted by atomic mass is 10.2. The number of carbonyl (C=O) groups is 1. The van der Waals surface area contributed by atoms with Gasteiger partial charge in [-0.15, -0.1) is 12.4 Å². The standard InChI is InChI=1S/C15H17BrN4O.ClH/c1-11-8-17-5-6-19(11)15(21)12-9-18-20(10-12)14-4-2-3-13(16)7-14;/h2-4,7,9-11,17H,5-6,8H2,1H3;1H/t11-;/m1./s1. The Morgan fingerprint density at radius 3 is 3.00 bits per heavy atom. The average molecular weight is 386 g/mol. The first-order valence-corrected chi connectivity index (χ1v) is 7.77. The molecule has 1 amide bonds. The summed E-state index contributed by atoms with van der Waals surface area (Å²) in [5.74, 6) is 0.0465. The predicted octanol–water partition coefficient (Wildman–Crippen LogP) is 2.49. The van der Waals surface area contributed by atoms with E-state index in [9.17, 15) is 4.79 Å². The van der Waals surface area contributed by atoms with E-state index in [4.69, 9.17) is 0 Å². The fourth-order valence-electron chi connectivity index (χ4n) is 2.50. The summed E-state index contributed by atoms with van der Waals surface area (Å²) in [6.45, 7) is 4.48. The van der Waals surface area contributed by atoms with Gasteiger partial charge >= 0.3 is 0 Å². The van der Waals surface area contributed by atoms with Crippen molar-refractivity contribution >= 4 is 34.2 Å². The highest BCUT2D eigenvalue weighted by Crippen LogP contribution is 2.16. The monoisotopic (exact) mass is 384 g/mol. The highest BCUT2D eigenvalue weighted by Gasteiger charge is 2.24. The number of amides is 1. The number of nitrogens with one attached hydrogen (secondary N) is 1. The minimum Gasteiger partial charge on any atom is -0.333 e. The largest absolute Gasteiger partial charge is 0.333 e. The molecular formula is C15H18BrClN4O. The predicted molar refractivity (Wildman–Crippen MR) is 91.9 cm³/mol. The van der Waals surface area contributed by atoms with Crippen LogP contribution < -0.4 is 5.32 Å². The number of halogens is 2. The molecule has 0 saturated carbocycles. The molecule has 1 aromatic carbocycles. The Morgan fingerprint density at radius 1 is 1.45 bits per heavy atom. The summed E-state index contributed by atoms with van der Waals surface area (Å²) < 4.78 is 2.71. The molecule has 1 atom stereocenters. The third-order valence-corrected chi connectivity index (χ3v) is 4.16. The van der Waals surface area contributed by atoms with Gasteiger partial charge in [-0.3, -0.25) is 4.79 Å². The maximum Gasteiger partial charge on any atom is 0.257 e. The first-order valence-electron chi connectivity index (χ1n) is 6.97. The van der Waals surface area contributed by atoms with E-state index >= 15 is 0 Å². The van der Waals surface area contributed by atoms with Crippen molar-refractivity contribution in [2.45, 2.75) is 13.0 Å². The van der Waals surface area contributed by atoms with Crippen molar-refractivity contribution in [1.29, 1.82) is 0 Å². The minimum atomic E-state index is 0. The van der Waals surface area contributed by atoms with Crippen molar-refractivity contribution in [3.8, 4) is 5.69 Å². The van der Waals surface area contributed by atoms with Gasteiger partial charge < -0.3 is 10.2 Å². The van der Waals surface area contributed by atoms with Crippen molar-refractivity contribution in [2.24, 2.45) is 0 Å². The average Bonchev–Trinajstić information content (AvgIpc) is 2.97. The summed E-state index contributed by atoms with van der Waals surface area (Å²) >= 11 is 3.44. The summed E-state index contributed by atoms with van der Waals surface area (Å²) in [5, 5.41) is 7.59. The number of nitrogens with zero attached hydrogens (tertiary/aromatic N) is 3. The Bertz CT molecular complexity index is 660. The van der Waals surface area contributed by atoms with E-state index in [1.807, 2.05) is 29.2 Å². The molecule has 1 aliphatic heterocycles. The van der Waals surface area contributed by atoms with Gasteiger partial charge in [-0.1, -0.05) is 22.0 Å². The van der Waals surface area contributed by atoms with Gasteiger partial charge in [0.05, 0.1) is 17.4 Å². The molecule has 0 radical (unpaired) electrons.